The van der Waals surface area contributed by atoms with Crippen LogP contribution in [0.2, 0.25) is 5.02 Å². The summed E-state index contributed by atoms with van der Waals surface area (Å²) in [6.45, 7) is 1.15. The fourth-order valence-corrected chi connectivity index (χ4v) is 5.21. The van der Waals surface area contributed by atoms with Crippen molar-refractivity contribution in [1.29, 1.82) is 5.41 Å². The second-order valence-electron chi connectivity index (χ2n) is 9.95. The Bertz CT molecular complexity index is 1540. The third-order valence-electron chi connectivity index (χ3n) is 7.33. The highest BCUT2D eigenvalue weighted by molar-refractivity contribution is 6.31. The summed E-state index contributed by atoms with van der Waals surface area (Å²) >= 11 is 6.01. The first-order valence-corrected chi connectivity index (χ1v) is 13.4. The standard InChI is InChI=1S/C30H31ClN6O2/c1-36-26-11-10-22(18-25(26)35-27(36)12-7-19-5-8-20(9-6-19)28(32)33)30(39)37-15-13-24(14-16-37)34-29(38)21-3-2-4-23(31)17-21/h2-6,8-11,17-18,24H,7,12-16H2,1H3,(H3,32,33)(H,34,38). The number of carbonyl (C=O) groups is 2. The Morgan fingerprint density at radius 2 is 1.72 bits per heavy atom. The van der Waals surface area contributed by atoms with Crippen molar-refractivity contribution < 1.29 is 9.59 Å². The highest BCUT2D eigenvalue weighted by Crippen LogP contribution is 2.21. The second-order valence-corrected chi connectivity index (χ2v) is 10.4. The van der Waals surface area contributed by atoms with Crippen LogP contribution in [-0.4, -0.2) is 51.2 Å². The third-order valence-corrected chi connectivity index (χ3v) is 7.56. The summed E-state index contributed by atoms with van der Waals surface area (Å²) in [5, 5.41) is 11.1. The third kappa shape index (κ3) is 5.96. The number of nitrogens with one attached hydrogen (secondary N) is 2. The molecule has 8 nitrogen and oxygen atoms in total. The molecule has 1 saturated heterocycles. The Morgan fingerprint density at radius 1 is 1.00 bits per heavy atom. The van der Waals surface area contributed by atoms with Gasteiger partial charge in [0.2, 0.25) is 0 Å². The minimum atomic E-state index is -0.147. The minimum Gasteiger partial charge on any atom is -0.384 e. The molecule has 9 heteroatoms. The van der Waals surface area contributed by atoms with Crippen LogP contribution < -0.4 is 11.1 Å². The number of rotatable bonds is 7. The van der Waals surface area contributed by atoms with E-state index in [0.717, 1.165) is 35.3 Å². The van der Waals surface area contributed by atoms with Gasteiger partial charge in [-0.1, -0.05) is 41.9 Å². The first kappa shape index (κ1) is 26.4. The summed E-state index contributed by atoms with van der Waals surface area (Å²) in [4.78, 5) is 32.5. The fourth-order valence-electron chi connectivity index (χ4n) is 5.02. The van der Waals surface area contributed by atoms with E-state index in [1.807, 2.05) is 54.4 Å². The van der Waals surface area contributed by atoms with Crippen molar-refractivity contribution in [3.63, 3.8) is 0 Å². The average molecular weight is 543 g/mol. The Labute approximate surface area is 232 Å². The molecule has 1 aliphatic rings. The SMILES string of the molecule is Cn1c(CCc2ccc(C(=N)N)cc2)nc2cc(C(=O)N3CCC(NC(=O)c4cccc(Cl)c4)CC3)ccc21. The topological polar surface area (TPSA) is 117 Å². The van der Waals surface area contributed by atoms with Gasteiger partial charge in [0.15, 0.2) is 0 Å². The Kier molecular flexibility index (Phi) is 7.65. The number of amides is 2. The molecule has 3 aromatic carbocycles. The summed E-state index contributed by atoms with van der Waals surface area (Å²) in [5.74, 6) is 0.842. The van der Waals surface area contributed by atoms with Crippen LogP contribution in [0.25, 0.3) is 11.0 Å². The lowest BCUT2D eigenvalue weighted by Crippen LogP contribution is -2.46. The zero-order valence-corrected chi connectivity index (χ0v) is 22.5. The van der Waals surface area contributed by atoms with Crippen molar-refractivity contribution in [1.82, 2.24) is 19.8 Å². The zero-order valence-electron chi connectivity index (χ0n) is 21.8. The van der Waals surface area contributed by atoms with E-state index in [4.69, 9.17) is 27.7 Å². The molecule has 0 radical (unpaired) electrons. The van der Waals surface area contributed by atoms with E-state index in [-0.39, 0.29) is 23.7 Å². The molecular weight excluding hydrogens is 512 g/mol. The molecule has 1 aliphatic heterocycles. The average Bonchev–Trinajstić information content (AvgIpc) is 3.26. The van der Waals surface area contributed by atoms with Gasteiger partial charge in [0.1, 0.15) is 11.7 Å². The van der Waals surface area contributed by atoms with E-state index in [0.29, 0.717) is 47.6 Å². The van der Waals surface area contributed by atoms with Gasteiger partial charge < -0.3 is 20.5 Å². The lowest BCUT2D eigenvalue weighted by atomic mass is 10.0. The number of amidine groups is 1. The number of fused-ring (bicyclic) bond motifs is 1. The Balaban J connectivity index is 1.19. The molecule has 5 rings (SSSR count). The molecule has 0 atom stereocenters. The van der Waals surface area contributed by atoms with Gasteiger partial charge in [0.25, 0.3) is 11.8 Å². The molecule has 4 N–H and O–H groups in total. The van der Waals surface area contributed by atoms with Crippen LogP contribution in [0, 0.1) is 5.41 Å². The number of aryl methyl sites for hydroxylation is 3. The van der Waals surface area contributed by atoms with E-state index >= 15 is 0 Å². The maximum Gasteiger partial charge on any atom is 0.253 e. The van der Waals surface area contributed by atoms with E-state index in [1.165, 1.54) is 0 Å². The number of nitrogen functional groups attached to an aromatic ring is 1. The van der Waals surface area contributed by atoms with Crippen LogP contribution in [0.3, 0.4) is 0 Å². The molecular formula is C30H31ClN6O2. The molecule has 1 fully saturated rings. The molecule has 2 heterocycles. The van der Waals surface area contributed by atoms with E-state index in [9.17, 15) is 9.59 Å². The predicted molar refractivity (Wildman–Crippen MR) is 153 cm³/mol. The van der Waals surface area contributed by atoms with Crippen LogP contribution >= 0.6 is 11.6 Å². The number of hydrogen-bond acceptors (Lipinski definition) is 4. The van der Waals surface area contributed by atoms with Crippen LogP contribution in [0.1, 0.15) is 50.5 Å². The van der Waals surface area contributed by atoms with Crippen LogP contribution in [0.4, 0.5) is 0 Å². The maximum atomic E-state index is 13.3. The van der Waals surface area contributed by atoms with Crippen molar-refractivity contribution in [3.05, 3.63) is 99.8 Å². The number of hydrogen-bond donors (Lipinski definition) is 3. The minimum absolute atomic E-state index is 0.0139. The molecule has 0 unspecified atom stereocenters. The van der Waals surface area contributed by atoms with E-state index < -0.39 is 0 Å². The molecule has 39 heavy (non-hydrogen) atoms. The molecule has 0 aliphatic carbocycles. The summed E-state index contributed by atoms with van der Waals surface area (Å²) in [6.07, 6.45) is 2.95. The number of halogens is 1. The molecule has 1 aromatic heterocycles. The van der Waals surface area contributed by atoms with Gasteiger partial charge in [-0.2, -0.15) is 0 Å². The summed E-state index contributed by atoms with van der Waals surface area (Å²) in [6, 6.07) is 20.3. The predicted octanol–water partition coefficient (Wildman–Crippen LogP) is 4.33. The Hall–Kier alpha value is -4.17. The number of nitrogens with zero attached hydrogens (tertiary/aromatic N) is 3. The van der Waals surface area contributed by atoms with Crippen molar-refractivity contribution >= 4 is 40.3 Å². The highest BCUT2D eigenvalue weighted by Gasteiger charge is 2.25. The number of nitrogens with two attached hydrogens (primary N) is 1. The van der Waals surface area contributed by atoms with Crippen molar-refractivity contribution in [2.24, 2.45) is 12.8 Å². The maximum absolute atomic E-state index is 13.3. The number of benzene rings is 3. The number of piperidine rings is 1. The Morgan fingerprint density at radius 3 is 2.41 bits per heavy atom. The first-order valence-electron chi connectivity index (χ1n) is 13.0. The van der Waals surface area contributed by atoms with Gasteiger partial charge in [-0.25, -0.2) is 4.98 Å². The van der Waals surface area contributed by atoms with Gasteiger partial charge in [0.05, 0.1) is 11.0 Å². The smallest absolute Gasteiger partial charge is 0.253 e. The summed E-state index contributed by atoms with van der Waals surface area (Å²) < 4.78 is 2.07. The van der Waals surface area contributed by atoms with Gasteiger partial charge in [-0.05, 0) is 61.2 Å². The molecule has 0 saturated carbocycles. The van der Waals surface area contributed by atoms with Crippen molar-refractivity contribution in [2.75, 3.05) is 13.1 Å². The fraction of sp³-hybridized carbons (Fsp3) is 0.267. The number of imidazole rings is 1. The van der Waals surface area contributed by atoms with Gasteiger partial charge >= 0.3 is 0 Å². The lowest BCUT2D eigenvalue weighted by Gasteiger charge is -2.32. The number of carbonyl (C=O) groups excluding carboxylic acids is 2. The number of likely N-dealkylation sites (tertiary alicyclic amines) is 1. The van der Waals surface area contributed by atoms with Gasteiger partial charge in [0, 0.05) is 54.3 Å². The monoisotopic (exact) mass is 542 g/mol. The number of aromatic nitrogens is 2. The van der Waals surface area contributed by atoms with Crippen LogP contribution in [0.15, 0.2) is 66.7 Å². The highest BCUT2D eigenvalue weighted by atomic mass is 35.5. The van der Waals surface area contributed by atoms with E-state index in [2.05, 4.69) is 9.88 Å². The van der Waals surface area contributed by atoms with Crippen molar-refractivity contribution in [3.8, 4) is 0 Å². The largest absolute Gasteiger partial charge is 0.384 e. The second kappa shape index (κ2) is 11.3. The zero-order chi connectivity index (χ0) is 27.5. The lowest BCUT2D eigenvalue weighted by molar-refractivity contribution is 0.0698. The molecule has 0 bridgehead atoms. The molecule has 4 aromatic rings. The summed E-state index contributed by atoms with van der Waals surface area (Å²) in [7, 11) is 1.99. The summed E-state index contributed by atoms with van der Waals surface area (Å²) in [5.41, 5.74) is 10.3. The first-order chi connectivity index (χ1) is 18.8. The normalized spacial score (nSPS) is 13.9. The van der Waals surface area contributed by atoms with E-state index in [1.54, 1.807) is 24.3 Å². The molecule has 200 valence electrons. The van der Waals surface area contributed by atoms with Gasteiger partial charge in [-0.15, -0.1) is 0 Å². The quantitative estimate of drug-likeness (QED) is 0.238. The van der Waals surface area contributed by atoms with Crippen molar-refractivity contribution in [2.45, 2.75) is 31.7 Å². The molecule has 2 amide bonds. The van der Waals surface area contributed by atoms with Crippen LogP contribution in [0.5, 0.6) is 0 Å². The van der Waals surface area contributed by atoms with Gasteiger partial charge in [-0.3, -0.25) is 15.0 Å². The molecule has 0 spiro atoms. The van der Waals surface area contributed by atoms with Crippen LogP contribution in [-0.2, 0) is 19.9 Å².